The van der Waals surface area contributed by atoms with Crippen molar-refractivity contribution in [2.45, 2.75) is 38.0 Å². The number of sulfonamides is 1. The summed E-state index contributed by atoms with van der Waals surface area (Å²) < 4.78 is 25.0. The predicted octanol–water partition coefficient (Wildman–Crippen LogP) is 0.408. The van der Waals surface area contributed by atoms with Crippen LogP contribution in [0, 0.1) is 0 Å². The average molecular weight is 220 g/mol. The fraction of sp³-hybridized carbons (Fsp3) is 1.00. The highest BCUT2D eigenvalue weighted by atomic mass is 32.2. The third-order valence-electron chi connectivity index (χ3n) is 2.66. The quantitative estimate of drug-likeness (QED) is 0.705. The molecule has 5 heteroatoms. The molecule has 1 rings (SSSR count). The van der Waals surface area contributed by atoms with Crippen molar-refractivity contribution in [1.29, 1.82) is 0 Å². The molecule has 0 spiro atoms. The van der Waals surface area contributed by atoms with E-state index in [2.05, 4.69) is 5.32 Å². The second-order valence-corrected chi connectivity index (χ2v) is 6.41. The smallest absolute Gasteiger partial charge is 0.217 e. The van der Waals surface area contributed by atoms with Gasteiger partial charge >= 0.3 is 0 Å². The topological polar surface area (TPSA) is 49.4 Å². The van der Waals surface area contributed by atoms with Crippen LogP contribution in [0.15, 0.2) is 0 Å². The molecule has 0 aliphatic heterocycles. The Hall–Kier alpha value is -0.130. The molecule has 1 unspecified atom stereocenters. The Kier molecular flexibility index (Phi) is 3.92. The average Bonchev–Trinajstić information content (AvgIpc) is 2.95. The zero-order chi connectivity index (χ0) is 10.8. The van der Waals surface area contributed by atoms with Crippen molar-refractivity contribution < 1.29 is 8.42 Å². The first-order valence-electron chi connectivity index (χ1n) is 5.17. The molecule has 0 heterocycles. The first kappa shape index (κ1) is 11.9. The minimum absolute atomic E-state index is 0.326. The van der Waals surface area contributed by atoms with Crippen LogP contribution in [0.4, 0.5) is 0 Å². The van der Waals surface area contributed by atoms with Crippen LogP contribution in [-0.4, -0.2) is 44.2 Å². The van der Waals surface area contributed by atoms with E-state index < -0.39 is 10.0 Å². The Morgan fingerprint density at radius 2 is 2.07 bits per heavy atom. The summed E-state index contributed by atoms with van der Waals surface area (Å²) in [7, 11) is -1.46. The molecule has 84 valence electrons. The van der Waals surface area contributed by atoms with E-state index in [-0.39, 0.29) is 5.25 Å². The second kappa shape index (κ2) is 4.59. The van der Waals surface area contributed by atoms with Gasteiger partial charge in [0.15, 0.2) is 0 Å². The molecule has 1 aliphatic rings. The molecule has 0 saturated heterocycles. The number of hydrogen-bond donors (Lipinski definition) is 1. The Labute approximate surface area is 86.7 Å². The lowest BCUT2D eigenvalue weighted by atomic mass is 10.4. The molecule has 1 fully saturated rings. The van der Waals surface area contributed by atoms with Gasteiger partial charge in [-0.3, -0.25) is 0 Å². The minimum Gasteiger partial charge on any atom is -0.313 e. The van der Waals surface area contributed by atoms with Crippen LogP contribution < -0.4 is 5.32 Å². The Balaban J connectivity index is 2.43. The highest BCUT2D eigenvalue weighted by Crippen LogP contribution is 2.19. The van der Waals surface area contributed by atoms with Crippen LogP contribution in [0.2, 0.25) is 0 Å². The van der Waals surface area contributed by atoms with E-state index in [1.54, 1.807) is 14.0 Å². The maximum absolute atomic E-state index is 11.8. The summed E-state index contributed by atoms with van der Waals surface area (Å²) in [6.07, 6.45) is 2.38. The number of nitrogens with one attached hydrogen (secondary N) is 1. The minimum atomic E-state index is -3.09. The molecular weight excluding hydrogens is 200 g/mol. The van der Waals surface area contributed by atoms with Gasteiger partial charge in [-0.15, -0.1) is 0 Å². The lowest BCUT2D eigenvalue weighted by Gasteiger charge is -2.20. The second-order valence-electron chi connectivity index (χ2n) is 3.95. The summed E-state index contributed by atoms with van der Waals surface area (Å²) in [6.45, 7) is 4.71. The third kappa shape index (κ3) is 2.93. The molecule has 0 aromatic carbocycles. The van der Waals surface area contributed by atoms with E-state index in [1.807, 2.05) is 6.92 Å². The van der Waals surface area contributed by atoms with E-state index in [0.29, 0.717) is 19.1 Å². The van der Waals surface area contributed by atoms with E-state index >= 15 is 0 Å². The van der Waals surface area contributed by atoms with E-state index in [1.165, 1.54) is 17.1 Å². The van der Waals surface area contributed by atoms with Crippen molar-refractivity contribution in [1.82, 2.24) is 9.62 Å². The van der Waals surface area contributed by atoms with Gasteiger partial charge in [0.25, 0.3) is 0 Å². The Morgan fingerprint density at radius 3 is 2.50 bits per heavy atom. The van der Waals surface area contributed by atoms with Crippen LogP contribution in [0.5, 0.6) is 0 Å². The maximum atomic E-state index is 11.8. The van der Waals surface area contributed by atoms with Gasteiger partial charge in [0.05, 0.1) is 5.25 Å². The zero-order valence-electron chi connectivity index (χ0n) is 9.16. The molecule has 0 amide bonds. The summed E-state index contributed by atoms with van der Waals surface area (Å²) in [5.74, 6) is 0. The van der Waals surface area contributed by atoms with Gasteiger partial charge in [0, 0.05) is 26.2 Å². The summed E-state index contributed by atoms with van der Waals surface area (Å²) in [4.78, 5) is 0. The van der Waals surface area contributed by atoms with Crippen molar-refractivity contribution >= 4 is 10.0 Å². The molecule has 4 nitrogen and oxygen atoms in total. The molecule has 1 N–H and O–H groups in total. The monoisotopic (exact) mass is 220 g/mol. The van der Waals surface area contributed by atoms with Crippen molar-refractivity contribution in [3.8, 4) is 0 Å². The zero-order valence-corrected chi connectivity index (χ0v) is 9.97. The Morgan fingerprint density at radius 1 is 1.50 bits per heavy atom. The van der Waals surface area contributed by atoms with Gasteiger partial charge in [-0.1, -0.05) is 6.92 Å². The maximum Gasteiger partial charge on any atom is 0.217 e. The van der Waals surface area contributed by atoms with Crippen LogP contribution in [0.3, 0.4) is 0 Å². The largest absolute Gasteiger partial charge is 0.313 e. The summed E-state index contributed by atoms with van der Waals surface area (Å²) in [6, 6.07) is 0.569. The van der Waals surface area contributed by atoms with Crippen molar-refractivity contribution in [2.75, 3.05) is 20.1 Å². The summed E-state index contributed by atoms with van der Waals surface area (Å²) in [5, 5.41) is 2.91. The molecule has 0 aromatic rings. The van der Waals surface area contributed by atoms with Crippen LogP contribution in [0.25, 0.3) is 0 Å². The molecule has 0 bridgehead atoms. The van der Waals surface area contributed by atoms with Gasteiger partial charge in [-0.25, -0.2) is 12.7 Å². The number of nitrogens with zero attached hydrogens (tertiary/aromatic N) is 1. The first-order chi connectivity index (χ1) is 6.48. The highest BCUT2D eigenvalue weighted by Gasteiger charge is 2.27. The fourth-order valence-corrected chi connectivity index (χ4v) is 2.49. The van der Waals surface area contributed by atoms with Gasteiger partial charge in [-0.2, -0.15) is 0 Å². The van der Waals surface area contributed by atoms with E-state index in [0.717, 1.165) is 0 Å². The van der Waals surface area contributed by atoms with Gasteiger partial charge < -0.3 is 5.32 Å². The van der Waals surface area contributed by atoms with Gasteiger partial charge in [0.2, 0.25) is 10.0 Å². The third-order valence-corrected chi connectivity index (χ3v) is 4.97. The lowest BCUT2D eigenvalue weighted by Crippen LogP contribution is -2.40. The molecule has 14 heavy (non-hydrogen) atoms. The fourth-order valence-electron chi connectivity index (χ4n) is 1.21. The molecule has 1 atom stereocenters. The number of hydrogen-bond acceptors (Lipinski definition) is 3. The summed E-state index contributed by atoms with van der Waals surface area (Å²) >= 11 is 0. The predicted molar refractivity (Wildman–Crippen MR) is 57.7 cm³/mol. The number of rotatable bonds is 6. The molecule has 1 aliphatic carbocycles. The first-order valence-corrected chi connectivity index (χ1v) is 6.67. The van der Waals surface area contributed by atoms with Crippen LogP contribution in [0.1, 0.15) is 26.7 Å². The van der Waals surface area contributed by atoms with Crippen LogP contribution in [-0.2, 0) is 10.0 Å². The Bertz CT molecular complexity index is 273. The lowest BCUT2D eigenvalue weighted by molar-refractivity contribution is 0.471. The molecule has 0 radical (unpaired) electrons. The molecule has 0 aromatic heterocycles. The normalized spacial score (nSPS) is 20.0. The van der Waals surface area contributed by atoms with Crippen LogP contribution >= 0.6 is 0 Å². The highest BCUT2D eigenvalue weighted by molar-refractivity contribution is 7.89. The van der Waals surface area contributed by atoms with Gasteiger partial charge in [0.1, 0.15) is 0 Å². The van der Waals surface area contributed by atoms with E-state index in [4.69, 9.17) is 0 Å². The van der Waals surface area contributed by atoms with Gasteiger partial charge in [-0.05, 0) is 19.8 Å². The summed E-state index contributed by atoms with van der Waals surface area (Å²) in [5.41, 5.74) is 0. The SMILES string of the molecule is CCN(C)S(=O)(=O)C(C)CNC1CC1. The van der Waals surface area contributed by atoms with E-state index in [9.17, 15) is 8.42 Å². The standard InChI is InChI=1S/C9H20N2O2S/c1-4-11(3)14(12,13)8(2)7-10-9-5-6-9/h8-10H,4-7H2,1-3H3. The van der Waals surface area contributed by atoms with Crippen molar-refractivity contribution in [3.05, 3.63) is 0 Å². The van der Waals surface area contributed by atoms with Crippen molar-refractivity contribution in [3.63, 3.8) is 0 Å². The van der Waals surface area contributed by atoms with Crippen molar-refractivity contribution in [2.24, 2.45) is 0 Å². The molecule has 1 saturated carbocycles. The molecular formula is C9H20N2O2S.